The second kappa shape index (κ2) is 5.30. The number of hydrogen-bond acceptors (Lipinski definition) is 4. The average molecular weight is 324 g/mol. The molecule has 3 rings (SSSR count). The number of rotatable bonds is 4. The Labute approximate surface area is 119 Å². The van der Waals surface area contributed by atoms with E-state index in [1.54, 1.807) is 4.68 Å². The van der Waals surface area contributed by atoms with E-state index in [-0.39, 0.29) is 6.61 Å². The van der Waals surface area contributed by atoms with Gasteiger partial charge in [0.05, 0.1) is 18.8 Å². The molecule has 1 aliphatic heterocycles. The first-order chi connectivity index (χ1) is 9.26. The van der Waals surface area contributed by atoms with E-state index in [4.69, 9.17) is 9.84 Å². The van der Waals surface area contributed by atoms with Gasteiger partial charge in [0.25, 0.3) is 0 Å². The van der Waals surface area contributed by atoms with Crippen LogP contribution in [0.4, 0.5) is 0 Å². The molecule has 0 saturated carbocycles. The van der Waals surface area contributed by atoms with Crippen molar-refractivity contribution in [1.29, 1.82) is 0 Å². The molecule has 2 aromatic rings. The van der Waals surface area contributed by atoms with Crippen molar-refractivity contribution in [3.8, 4) is 5.75 Å². The molecule has 0 unspecified atom stereocenters. The third-order valence-electron chi connectivity index (χ3n) is 3.11. The summed E-state index contributed by atoms with van der Waals surface area (Å²) in [6, 6.07) is 4.15. The van der Waals surface area contributed by atoms with Gasteiger partial charge in [-0.15, -0.1) is 5.10 Å². The second-order valence-electron chi connectivity index (χ2n) is 4.53. The number of hydrogen-bond donors (Lipinski definition) is 1. The van der Waals surface area contributed by atoms with Gasteiger partial charge in [0.15, 0.2) is 0 Å². The molecule has 1 aromatic heterocycles. The molecule has 0 spiro atoms. The standard InChI is InChI=1S/C13H14BrN3O2/c14-11-5-9-2-4-19-13(9)10(6-11)7-17-8-12(1-3-18)15-16-17/h5-6,8,18H,1-4,7H2. The van der Waals surface area contributed by atoms with Crippen LogP contribution >= 0.6 is 15.9 Å². The summed E-state index contributed by atoms with van der Waals surface area (Å²) >= 11 is 3.53. The van der Waals surface area contributed by atoms with Gasteiger partial charge < -0.3 is 9.84 Å². The third kappa shape index (κ3) is 2.64. The van der Waals surface area contributed by atoms with Crippen LogP contribution in [0, 0.1) is 0 Å². The Morgan fingerprint density at radius 3 is 3.16 bits per heavy atom. The van der Waals surface area contributed by atoms with E-state index in [0.29, 0.717) is 13.0 Å². The Kier molecular flexibility index (Phi) is 3.52. The fourth-order valence-electron chi connectivity index (χ4n) is 2.28. The maximum Gasteiger partial charge on any atom is 0.127 e. The van der Waals surface area contributed by atoms with Crippen molar-refractivity contribution in [3.63, 3.8) is 0 Å². The molecule has 0 aliphatic carbocycles. The fraction of sp³-hybridized carbons (Fsp3) is 0.385. The van der Waals surface area contributed by atoms with E-state index < -0.39 is 0 Å². The monoisotopic (exact) mass is 323 g/mol. The lowest BCUT2D eigenvalue weighted by Crippen LogP contribution is -2.02. The van der Waals surface area contributed by atoms with Crippen molar-refractivity contribution in [2.75, 3.05) is 13.2 Å². The number of nitrogens with zero attached hydrogens (tertiary/aromatic N) is 3. The SMILES string of the molecule is OCCc1cn(Cc2cc(Br)cc3c2OCC3)nn1. The summed E-state index contributed by atoms with van der Waals surface area (Å²) in [5.74, 6) is 0.974. The molecule has 0 bridgehead atoms. The summed E-state index contributed by atoms with van der Waals surface area (Å²) in [7, 11) is 0. The zero-order chi connectivity index (χ0) is 13.2. The molecule has 0 saturated heterocycles. The average Bonchev–Trinajstić information content (AvgIpc) is 2.98. The van der Waals surface area contributed by atoms with Crippen molar-refractivity contribution in [1.82, 2.24) is 15.0 Å². The van der Waals surface area contributed by atoms with Gasteiger partial charge in [-0.05, 0) is 17.7 Å². The van der Waals surface area contributed by atoms with Crippen molar-refractivity contribution in [3.05, 3.63) is 39.6 Å². The maximum absolute atomic E-state index is 8.88. The minimum atomic E-state index is 0.0914. The number of aliphatic hydroxyl groups is 1. The predicted octanol–water partition coefficient (Wildman–Crippen LogP) is 1.56. The van der Waals surface area contributed by atoms with Crippen LogP contribution in [-0.4, -0.2) is 33.3 Å². The van der Waals surface area contributed by atoms with Gasteiger partial charge in [-0.25, -0.2) is 4.68 Å². The Morgan fingerprint density at radius 1 is 1.42 bits per heavy atom. The summed E-state index contributed by atoms with van der Waals surface area (Å²) in [4.78, 5) is 0. The zero-order valence-corrected chi connectivity index (χ0v) is 11.9. The second-order valence-corrected chi connectivity index (χ2v) is 5.45. The van der Waals surface area contributed by atoms with Gasteiger partial charge in [-0.2, -0.15) is 0 Å². The minimum absolute atomic E-state index is 0.0914. The van der Waals surface area contributed by atoms with Crippen molar-refractivity contribution < 1.29 is 9.84 Å². The number of aliphatic hydroxyl groups excluding tert-OH is 1. The quantitative estimate of drug-likeness (QED) is 0.927. The highest BCUT2D eigenvalue weighted by molar-refractivity contribution is 9.10. The van der Waals surface area contributed by atoms with E-state index >= 15 is 0 Å². The molecule has 0 radical (unpaired) electrons. The Hall–Kier alpha value is -1.40. The first kappa shape index (κ1) is 12.6. The summed E-state index contributed by atoms with van der Waals surface area (Å²) in [5.41, 5.74) is 3.14. The van der Waals surface area contributed by atoms with Crippen LogP contribution in [0.2, 0.25) is 0 Å². The van der Waals surface area contributed by atoms with Crippen LogP contribution in [0.5, 0.6) is 5.75 Å². The number of halogens is 1. The lowest BCUT2D eigenvalue weighted by Gasteiger charge is -2.08. The smallest absolute Gasteiger partial charge is 0.127 e. The fourth-order valence-corrected chi connectivity index (χ4v) is 2.84. The highest BCUT2D eigenvalue weighted by atomic mass is 79.9. The van der Waals surface area contributed by atoms with Gasteiger partial charge in [0, 0.05) is 35.7 Å². The number of aromatic nitrogens is 3. The third-order valence-corrected chi connectivity index (χ3v) is 3.57. The molecular weight excluding hydrogens is 310 g/mol. The molecule has 2 heterocycles. The summed E-state index contributed by atoms with van der Waals surface area (Å²) in [5, 5.41) is 17.0. The zero-order valence-electron chi connectivity index (χ0n) is 10.3. The van der Waals surface area contributed by atoms with E-state index in [9.17, 15) is 0 Å². The van der Waals surface area contributed by atoms with Gasteiger partial charge in [-0.3, -0.25) is 0 Å². The lowest BCUT2D eigenvalue weighted by atomic mass is 10.1. The van der Waals surface area contributed by atoms with E-state index in [1.165, 1.54) is 5.56 Å². The highest BCUT2D eigenvalue weighted by Gasteiger charge is 2.18. The molecule has 5 nitrogen and oxygen atoms in total. The Morgan fingerprint density at radius 2 is 2.32 bits per heavy atom. The van der Waals surface area contributed by atoms with E-state index in [1.807, 2.05) is 6.20 Å². The Bertz CT molecular complexity index is 598. The lowest BCUT2D eigenvalue weighted by molar-refractivity contribution is 0.298. The topological polar surface area (TPSA) is 60.2 Å². The van der Waals surface area contributed by atoms with Gasteiger partial charge in [0.1, 0.15) is 5.75 Å². The molecule has 0 fully saturated rings. The molecule has 0 amide bonds. The molecule has 1 N–H and O–H groups in total. The van der Waals surface area contributed by atoms with Crippen molar-refractivity contribution in [2.24, 2.45) is 0 Å². The van der Waals surface area contributed by atoms with Crippen LogP contribution < -0.4 is 4.74 Å². The van der Waals surface area contributed by atoms with Crippen LogP contribution in [0.15, 0.2) is 22.8 Å². The molecule has 1 aromatic carbocycles. The highest BCUT2D eigenvalue weighted by Crippen LogP contribution is 2.33. The normalized spacial score (nSPS) is 13.4. The summed E-state index contributed by atoms with van der Waals surface area (Å²) < 4.78 is 8.52. The number of ether oxygens (including phenoxy) is 1. The molecule has 0 atom stereocenters. The van der Waals surface area contributed by atoms with Crippen molar-refractivity contribution >= 4 is 15.9 Å². The molecule has 19 heavy (non-hydrogen) atoms. The van der Waals surface area contributed by atoms with Gasteiger partial charge in [0.2, 0.25) is 0 Å². The number of fused-ring (bicyclic) bond motifs is 1. The largest absolute Gasteiger partial charge is 0.493 e. The maximum atomic E-state index is 8.88. The van der Waals surface area contributed by atoms with Crippen molar-refractivity contribution in [2.45, 2.75) is 19.4 Å². The predicted molar refractivity (Wildman–Crippen MR) is 73.3 cm³/mol. The van der Waals surface area contributed by atoms with Crippen LogP contribution in [0.1, 0.15) is 16.8 Å². The van der Waals surface area contributed by atoms with E-state index in [2.05, 4.69) is 38.4 Å². The van der Waals surface area contributed by atoms with Crippen LogP contribution in [0.25, 0.3) is 0 Å². The van der Waals surface area contributed by atoms with Gasteiger partial charge in [-0.1, -0.05) is 21.1 Å². The first-order valence-corrected chi connectivity index (χ1v) is 6.99. The van der Waals surface area contributed by atoms with Crippen LogP contribution in [0.3, 0.4) is 0 Å². The first-order valence-electron chi connectivity index (χ1n) is 6.20. The minimum Gasteiger partial charge on any atom is -0.493 e. The number of benzene rings is 1. The molecule has 6 heteroatoms. The molecule has 100 valence electrons. The Balaban J connectivity index is 1.86. The molecule has 1 aliphatic rings. The summed E-state index contributed by atoms with van der Waals surface area (Å²) in [6.45, 7) is 1.46. The van der Waals surface area contributed by atoms with Gasteiger partial charge >= 0.3 is 0 Å². The van der Waals surface area contributed by atoms with E-state index in [0.717, 1.165) is 34.5 Å². The summed E-state index contributed by atoms with van der Waals surface area (Å²) in [6.07, 6.45) is 3.35. The van der Waals surface area contributed by atoms with Crippen LogP contribution in [-0.2, 0) is 19.4 Å². The molecular formula is C13H14BrN3O2.